The van der Waals surface area contributed by atoms with E-state index in [0.717, 1.165) is 25.3 Å². The van der Waals surface area contributed by atoms with Gasteiger partial charge in [0.2, 0.25) is 0 Å². The van der Waals surface area contributed by atoms with E-state index in [1.807, 2.05) is 13.2 Å². The van der Waals surface area contributed by atoms with Crippen molar-refractivity contribution in [3.63, 3.8) is 0 Å². The minimum Gasteiger partial charge on any atom is -0.367 e. The van der Waals surface area contributed by atoms with Gasteiger partial charge in [-0.2, -0.15) is 0 Å². The summed E-state index contributed by atoms with van der Waals surface area (Å²) in [6.07, 6.45) is 1.89. The molecule has 1 N–H and O–H groups in total. The monoisotopic (exact) mass is 261 g/mol. The Morgan fingerprint density at radius 1 is 1.39 bits per heavy atom. The molecule has 18 heavy (non-hydrogen) atoms. The number of nitrogens with zero attached hydrogens (tertiary/aromatic N) is 2. The SMILES string of the molecule is CCN(Cc1cccs1)c1ccnc(CNC)c1. The van der Waals surface area contributed by atoms with E-state index in [1.165, 1.54) is 10.6 Å². The highest BCUT2D eigenvalue weighted by Gasteiger charge is 2.07. The molecule has 2 aromatic heterocycles. The molecule has 2 heterocycles. The fourth-order valence-electron chi connectivity index (χ4n) is 1.92. The molecule has 0 aromatic carbocycles. The van der Waals surface area contributed by atoms with E-state index < -0.39 is 0 Å². The lowest BCUT2D eigenvalue weighted by atomic mass is 10.2. The van der Waals surface area contributed by atoms with Gasteiger partial charge in [0.1, 0.15) is 0 Å². The summed E-state index contributed by atoms with van der Waals surface area (Å²) in [6, 6.07) is 8.53. The molecule has 0 saturated carbocycles. The molecule has 0 aliphatic rings. The van der Waals surface area contributed by atoms with Crippen LogP contribution < -0.4 is 10.2 Å². The number of nitrogens with one attached hydrogen (secondary N) is 1. The highest BCUT2D eigenvalue weighted by Crippen LogP contribution is 2.19. The Balaban J connectivity index is 2.13. The topological polar surface area (TPSA) is 28.2 Å². The molecule has 3 nitrogen and oxygen atoms in total. The van der Waals surface area contributed by atoms with Crippen molar-refractivity contribution in [2.45, 2.75) is 20.0 Å². The van der Waals surface area contributed by atoms with Crippen molar-refractivity contribution >= 4 is 17.0 Å². The number of rotatable bonds is 6. The third-order valence-corrected chi connectivity index (χ3v) is 3.69. The molecule has 2 aromatic rings. The van der Waals surface area contributed by atoms with Crippen molar-refractivity contribution in [1.29, 1.82) is 0 Å². The van der Waals surface area contributed by atoms with Gasteiger partial charge in [0.05, 0.1) is 12.2 Å². The first kappa shape index (κ1) is 13.1. The zero-order valence-electron chi connectivity index (χ0n) is 10.9. The second kappa shape index (κ2) is 6.52. The van der Waals surface area contributed by atoms with E-state index in [4.69, 9.17) is 0 Å². The molecule has 0 atom stereocenters. The molecular weight excluding hydrogens is 242 g/mol. The van der Waals surface area contributed by atoms with E-state index in [1.54, 1.807) is 11.3 Å². The van der Waals surface area contributed by atoms with Crippen LogP contribution in [0.1, 0.15) is 17.5 Å². The Kier molecular flexibility index (Phi) is 4.73. The van der Waals surface area contributed by atoms with Crippen molar-refractivity contribution in [1.82, 2.24) is 10.3 Å². The fourth-order valence-corrected chi connectivity index (χ4v) is 2.64. The lowest BCUT2D eigenvalue weighted by Crippen LogP contribution is -2.22. The van der Waals surface area contributed by atoms with Gasteiger partial charge in [0.25, 0.3) is 0 Å². The van der Waals surface area contributed by atoms with E-state index >= 15 is 0 Å². The maximum absolute atomic E-state index is 4.36. The van der Waals surface area contributed by atoms with Gasteiger partial charge < -0.3 is 10.2 Å². The van der Waals surface area contributed by atoms with Gasteiger partial charge in [-0.05, 0) is 37.6 Å². The van der Waals surface area contributed by atoms with Gasteiger partial charge in [-0.25, -0.2) is 0 Å². The predicted octanol–water partition coefficient (Wildman–Crippen LogP) is 2.89. The second-order valence-electron chi connectivity index (χ2n) is 4.13. The van der Waals surface area contributed by atoms with Crippen LogP contribution in [0.15, 0.2) is 35.8 Å². The van der Waals surface area contributed by atoms with Crippen LogP contribution in [0, 0.1) is 0 Å². The molecule has 0 saturated heterocycles. The molecule has 0 aliphatic heterocycles. The summed E-state index contributed by atoms with van der Waals surface area (Å²) in [7, 11) is 1.94. The number of thiophene rings is 1. The molecule has 0 radical (unpaired) electrons. The van der Waals surface area contributed by atoms with Crippen LogP contribution in [0.5, 0.6) is 0 Å². The first-order valence-corrected chi connectivity index (χ1v) is 7.08. The first-order chi connectivity index (χ1) is 8.83. The van der Waals surface area contributed by atoms with Gasteiger partial charge in [-0.15, -0.1) is 11.3 Å². The Morgan fingerprint density at radius 3 is 2.94 bits per heavy atom. The summed E-state index contributed by atoms with van der Waals surface area (Å²) in [5.74, 6) is 0. The van der Waals surface area contributed by atoms with Crippen LogP contribution in [0.2, 0.25) is 0 Å². The van der Waals surface area contributed by atoms with Crippen LogP contribution >= 0.6 is 11.3 Å². The van der Waals surface area contributed by atoms with Crippen LogP contribution in [-0.4, -0.2) is 18.6 Å². The minimum atomic E-state index is 0.810. The number of hydrogen-bond acceptors (Lipinski definition) is 4. The standard InChI is InChI=1S/C14H19N3S/c1-3-17(11-14-5-4-8-18-14)13-6-7-16-12(9-13)10-15-2/h4-9,15H,3,10-11H2,1-2H3. The van der Waals surface area contributed by atoms with Crippen molar-refractivity contribution in [2.75, 3.05) is 18.5 Å². The van der Waals surface area contributed by atoms with E-state index in [-0.39, 0.29) is 0 Å². The zero-order valence-corrected chi connectivity index (χ0v) is 11.7. The summed E-state index contributed by atoms with van der Waals surface area (Å²) >= 11 is 1.81. The summed E-state index contributed by atoms with van der Waals surface area (Å²) < 4.78 is 0. The van der Waals surface area contributed by atoms with Crippen molar-refractivity contribution in [3.05, 3.63) is 46.4 Å². The zero-order chi connectivity index (χ0) is 12.8. The number of pyridine rings is 1. The largest absolute Gasteiger partial charge is 0.367 e. The van der Waals surface area contributed by atoms with Crippen LogP contribution in [0.3, 0.4) is 0 Å². The van der Waals surface area contributed by atoms with E-state index in [2.05, 4.69) is 51.8 Å². The van der Waals surface area contributed by atoms with Crippen molar-refractivity contribution in [3.8, 4) is 0 Å². The molecule has 4 heteroatoms. The molecule has 0 amide bonds. The van der Waals surface area contributed by atoms with Gasteiger partial charge in [-0.1, -0.05) is 6.07 Å². The summed E-state index contributed by atoms with van der Waals surface area (Å²) in [6.45, 7) is 4.97. The van der Waals surface area contributed by atoms with Crippen molar-refractivity contribution in [2.24, 2.45) is 0 Å². The van der Waals surface area contributed by atoms with Gasteiger partial charge in [-0.3, -0.25) is 4.98 Å². The van der Waals surface area contributed by atoms with Crippen LogP contribution in [0.25, 0.3) is 0 Å². The summed E-state index contributed by atoms with van der Waals surface area (Å²) in [5, 5.41) is 5.26. The Hall–Kier alpha value is -1.39. The normalized spacial score (nSPS) is 10.6. The van der Waals surface area contributed by atoms with E-state index in [9.17, 15) is 0 Å². The third-order valence-electron chi connectivity index (χ3n) is 2.83. The van der Waals surface area contributed by atoms with Crippen molar-refractivity contribution < 1.29 is 0 Å². The predicted molar refractivity (Wildman–Crippen MR) is 78.0 cm³/mol. The Morgan fingerprint density at radius 2 is 2.28 bits per heavy atom. The second-order valence-corrected chi connectivity index (χ2v) is 5.16. The maximum atomic E-state index is 4.36. The van der Waals surface area contributed by atoms with Gasteiger partial charge in [0, 0.05) is 29.9 Å². The Labute approximate surface area is 112 Å². The lowest BCUT2D eigenvalue weighted by molar-refractivity contribution is 0.784. The quantitative estimate of drug-likeness (QED) is 0.866. The third kappa shape index (κ3) is 3.31. The molecule has 0 spiro atoms. The molecule has 0 aliphatic carbocycles. The number of hydrogen-bond donors (Lipinski definition) is 1. The maximum Gasteiger partial charge on any atom is 0.0562 e. The average Bonchev–Trinajstić information content (AvgIpc) is 2.89. The molecule has 2 rings (SSSR count). The number of aromatic nitrogens is 1. The molecular formula is C14H19N3S. The molecule has 96 valence electrons. The smallest absolute Gasteiger partial charge is 0.0562 e. The van der Waals surface area contributed by atoms with Gasteiger partial charge >= 0.3 is 0 Å². The highest BCUT2D eigenvalue weighted by molar-refractivity contribution is 7.09. The van der Waals surface area contributed by atoms with Crippen LogP contribution in [-0.2, 0) is 13.1 Å². The summed E-state index contributed by atoms with van der Waals surface area (Å²) in [4.78, 5) is 8.12. The summed E-state index contributed by atoms with van der Waals surface area (Å²) in [5.41, 5.74) is 2.32. The Bertz CT molecular complexity index is 468. The number of anilines is 1. The first-order valence-electron chi connectivity index (χ1n) is 6.20. The molecule has 0 fully saturated rings. The fraction of sp³-hybridized carbons (Fsp3) is 0.357. The average molecular weight is 261 g/mol. The van der Waals surface area contributed by atoms with Gasteiger partial charge in [0.15, 0.2) is 0 Å². The molecule has 0 bridgehead atoms. The van der Waals surface area contributed by atoms with E-state index in [0.29, 0.717) is 0 Å². The molecule has 0 unspecified atom stereocenters. The highest BCUT2D eigenvalue weighted by atomic mass is 32.1. The van der Waals surface area contributed by atoms with Crippen LogP contribution in [0.4, 0.5) is 5.69 Å². The minimum absolute atomic E-state index is 0.810. The lowest BCUT2D eigenvalue weighted by Gasteiger charge is -2.22.